The van der Waals surface area contributed by atoms with Gasteiger partial charge in [-0.05, 0) is 50.2 Å². The predicted molar refractivity (Wildman–Crippen MR) is 124 cm³/mol. The van der Waals surface area contributed by atoms with Crippen LogP contribution in [0.15, 0.2) is 48.5 Å². The summed E-state index contributed by atoms with van der Waals surface area (Å²) in [5.41, 5.74) is 2.02. The van der Waals surface area contributed by atoms with Crippen LogP contribution in [-0.4, -0.2) is 49.4 Å². The van der Waals surface area contributed by atoms with E-state index in [0.29, 0.717) is 35.9 Å². The molecule has 0 saturated heterocycles. The molecule has 0 saturated carbocycles. The van der Waals surface area contributed by atoms with Gasteiger partial charge in [-0.25, -0.2) is 4.79 Å². The molecule has 0 N–H and O–H groups in total. The van der Waals surface area contributed by atoms with E-state index in [-0.39, 0.29) is 28.9 Å². The number of nitrogens with zero attached hydrogens (tertiary/aromatic N) is 1. The molecule has 0 spiro atoms. The van der Waals surface area contributed by atoms with Gasteiger partial charge >= 0.3 is 12.6 Å². The lowest BCUT2D eigenvalue weighted by Crippen LogP contribution is -2.33. The van der Waals surface area contributed by atoms with Gasteiger partial charge in [-0.1, -0.05) is 12.1 Å². The van der Waals surface area contributed by atoms with E-state index in [1.807, 2.05) is 42.7 Å². The highest BCUT2D eigenvalue weighted by atomic mass is 19.3. The Hall–Kier alpha value is -4.08. The molecule has 0 unspecified atom stereocenters. The number of hydrogen-bond acceptors (Lipinski definition) is 7. The number of ketones is 1. The molecular weight excluding hydrogens is 476 g/mol. The average Bonchev–Trinajstić information content (AvgIpc) is 3.15. The summed E-state index contributed by atoms with van der Waals surface area (Å²) in [7, 11) is 1.26. The molecule has 1 aliphatic heterocycles. The molecule has 36 heavy (non-hydrogen) atoms. The van der Waals surface area contributed by atoms with E-state index in [0.717, 1.165) is 5.69 Å². The lowest BCUT2D eigenvalue weighted by atomic mass is 10.1. The van der Waals surface area contributed by atoms with Crippen LogP contribution in [0.1, 0.15) is 32.1 Å². The van der Waals surface area contributed by atoms with Gasteiger partial charge in [0.2, 0.25) is 5.78 Å². The summed E-state index contributed by atoms with van der Waals surface area (Å²) < 4.78 is 53.3. The van der Waals surface area contributed by atoms with Gasteiger partial charge in [0.1, 0.15) is 6.61 Å². The number of carbonyl (C=O) groups excluding carboxylic acids is 2. The average molecular weight is 501 g/mol. The molecule has 4 rings (SSSR count). The molecule has 0 bridgehead atoms. The zero-order chi connectivity index (χ0) is 25.8. The third-order valence-electron chi connectivity index (χ3n) is 5.78. The maximum Gasteiger partial charge on any atom is 0.387 e. The fourth-order valence-corrected chi connectivity index (χ4v) is 4.00. The number of aromatic nitrogens is 1. The highest BCUT2D eigenvalue weighted by Crippen LogP contribution is 2.32. The number of rotatable bonds is 9. The van der Waals surface area contributed by atoms with Crippen molar-refractivity contribution in [3.05, 3.63) is 71.0 Å². The van der Waals surface area contributed by atoms with Gasteiger partial charge in [-0.3, -0.25) is 4.79 Å². The summed E-state index contributed by atoms with van der Waals surface area (Å²) in [5, 5.41) is 0. The molecule has 0 amide bonds. The molecule has 0 aliphatic carbocycles. The monoisotopic (exact) mass is 501 g/mol. The van der Waals surface area contributed by atoms with Crippen LogP contribution in [0.2, 0.25) is 0 Å². The van der Waals surface area contributed by atoms with Gasteiger partial charge in [0, 0.05) is 17.0 Å². The minimum atomic E-state index is -3.04. The molecule has 10 heteroatoms. The van der Waals surface area contributed by atoms with Crippen LogP contribution < -0.4 is 18.9 Å². The first-order valence-corrected chi connectivity index (χ1v) is 11.1. The number of halogens is 2. The van der Waals surface area contributed by atoms with Crippen LogP contribution in [-0.2, 0) is 11.3 Å². The number of fused-ring (bicyclic) bond motifs is 1. The number of para-hydroxylation sites is 2. The Morgan fingerprint density at radius 1 is 1.08 bits per heavy atom. The normalized spacial score (nSPS) is 14.4. The highest BCUT2D eigenvalue weighted by Gasteiger charge is 2.24. The summed E-state index contributed by atoms with van der Waals surface area (Å²) in [5.74, 6) is -0.0884. The van der Waals surface area contributed by atoms with Crippen molar-refractivity contribution in [3.8, 4) is 23.0 Å². The Morgan fingerprint density at radius 2 is 1.83 bits per heavy atom. The molecule has 3 aromatic rings. The largest absolute Gasteiger partial charge is 0.493 e. The van der Waals surface area contributed by atoms with Gasteiger partial charge in [0.15, 0.2) is 35.7 Å². The molecule has 2 aromatic carbocycles. The molecular formula is C26H25F2NO7. The third-order valence-corrected chi connectivity index (χ3v) is 5.78. The number of aryl methyl sites for hydroxylation is 1. The van der Waals surface area contributed by atoms with Crippen molar-refractivity contribution in [2.24, 2.45) is 0 Å². The van der Waals surface area contributed by atoms with Gasteiger partial charge in [0.25, 0.3) is 0 Å². The molecule has 1 aliphatic rings. The van der Waals surface area contributed by atoms with Crippen molar-refractivity contribution in [3.63, 3.8) is 0 Å². The number of carbonyl (C=O) groups is 2. The smallest absolute Gasteiger partial charge is 0.387 e. The van der Waals surface area contributed by atoms with Crippen molar-refractivity contribution >= 4 is 11.8 Å². The maximum atomic E-state index is 12.8. The number of esters is 1. The van der Waals surface area contributed by atoms with Crippen molar-refractivity contribution < 1.29 is 42.1 Å². The van der Waals surface area contributed by atoms with Gasteiger partial charge in [0.05, 0.1) is 19.2 Å². The van der Waals surface area contributed by atoms with E-state index in [1.54, 1.807) is 6.07 Å². The van der Waals surface area contributed by atoms with Crippen LogP contribution in [0.5, 0.6) is 23.0 Å². The summed E-state index contributed by atoms with van der Waals surface area (Å²) in [6.07, 6.45) is -0.238. The Bertz CT molecular complexity index is 1270. The SMILES string of the molecule is COc1cc(C(=O)OCC(=O)c2cc(C)n(C[C@@H]3COc4ccccc4O3)c2C)ccc1OC(F)F. The maximum absolute atomic E-state index is 12.8. The second-order valence-corrected chi connectivity index (χ2v) is 8.14. The van der Waals surface area contributed by atoms with E-state index in [2.05, 4.69) is 4.74 Å². The topological polar surface area (TPSA) is 85.2 Å². The van der Waals surface area contributed by atoms with Crippen molar-refractivity contribution in [2.45, 2.75) is 33.1 Å². The second kappa shape index (κ2) is 10.7. The Labute approximate surface area is 206 Å². The van der Waals surface area contributed by atoms with E-state index in [4.69, 9.17) is 18.9 Å². The van der Waals surface area contributed by atoms with E-state index >= 15 is 0 Å². The summed E-state index contributed by atoms with van der Waals surface area (Å²) in [6, 6.07) is 12.8. The molecule has 8 nitrogen and oxygen atoms in total. The summed E-state index contributed by atoms with van der Waals surface area (Å²) in [6.45, 7) is 1.01. The fraction of sp³-hybridized carbons (Fsp3) is 0.308. The number of hydrogen-bond donors (Lipinski definition) is 0. The van der Waals surface area contributed by atoms with Crippen LogP contribution in [0, 0.1) is 13.8 Å². The number of Topliss-reactive ketones (excluding diaryl/α,β-unsaturated/α-hetero) is 1. The molecule has 2 heterocycles. The lowest BCUT2D eigenvalue weighted by molar-refractivity contribution is -0.0512. The number of ether oxygens (including phenoxy) is 5. The number of benzene rings is 2. The van der Waals surface area contributed by atoms with Crippen LogP contribution in [0.4, 0.5) is 8.78 Å². The first-order chi connectivity index (χ1) is 17.3. The Kier molecular flexibility index (Phi) is 7.42. The number of alkyl halides is 2. The Morgan fingerprint density at radius 3 is 2.56 bits per heavy atom. The molecule has 0 fully saturated rings. The van der Waals surface area contributed by atoms with E-state index < -0.39 is 19.2 Å². The van der Waals surface area contributed by atoms with Crippen LogP contribution in [0.3, 0.4) is 0 Å². The molecule has 0 radical (unpaired) electrons. The quantitative estimate of drug-likeness (QED) is 0.313. The van der Waals surface area contributed by atoms with Crippen molar-refractivity contribution in [2.75, 3.05) is 20.3 Å². The van der Waals surface area contributed by atoms with Crippen molar-refractivity contribution in [1.82, 2.24) is 4.57 Å². The highest BCUT2D eigenvalue weighted by molar-refractivity contribution is 6.00. The molecule has 1 aromatic heterocycles. The Balaban J connectivity index is 1.39. The van der Waals surface area contributed by atoms with Gasteiger partial charge < -0.3 is 28.3 Å². The molecule has 1 atom stereocenters. The van der Waals surface area contributed by atoms with Gasteiger partial charge in [-0.15, -0.1) is 0 Å². The zero-order valence-electron chi connectivity index (χ0n) is 20.0. The second-order valence-electron chi connectivity index (χ2n) is 8.14. The summed E-state index contributed by atoms with van der Waals surface area (Å²) >= 11 is 0. The predicted octanol–water partition coefficient (Wildman–Crippen LogP) is 4.59. The molecule has 190 valence electrons. The fourth-order valence-electron chi connectivity index (χ4n) is 4.00. The third kappa shape index (κ3) is 5.42. The van der Waals surface area contributed by atoms with Crippen LogP contribution in [0.25, 0.3) is 0 Å². The number of methoxy groups -OCH3 is 1. The summed E-state index contributed by atoms with van der Waals surface area (Å²) in [4.78, 5) is 25.3. The standard InChI is InChI=1S/C26H25F2NO7/c1-15-10-19(16(2)29(15)12-18-13-33-21-6-4-5-7-22(21)35-18)20(30)14-34-25(31)17-8-9-23(36-26(27)28)24(11-17)32-3/h4-11,18,26H,12-14H2,1-3H3/t18-/m1/s1. The first-order valence-electron chi connectivity index (χ1n) is 11.1. The lowest BCUT2D eigenvalue weighted by Gasteiger charge is -2.27. The van der Waals surface area contributed by atoms with Gasteiger partial charge in [-0.2, -0.15) is 8.78 Å². The zero-order valence-corrected chi connectivity index (χ0v) is 20.0. The van der Waals surface area contributed by atoms with E-state index in [9.17, 15) is 18.4 Å². The first kappa shape index (κ1) is 25.0. The minimum absolute atomic E-state index is 0.0291. The van der Waals surface area contributed by atoms with Crippen molar-refractivity contribution in [1.29, 1.82) is 0 Å². The van der Waals surface area contributed by atoms with E-state index in [1.165, 1.54) is 25.3 Å². The van der Waals surface area contributed by atoms with Crippen LogP contribution >= 0.6 is 0 Å². The minimum Gasteiger partial charge on any atom is -0.493 e.